The van der Waals surface area contributed by atoms with Gasteiger partial charge in [0.1, 0.15) is 11.9 Å². The monoisotopic (exact) mass is 522 g/mol. The third-order valence-electron chi connectivity index (χ3n) is 6.67. The Bertz CT molecular complexity index is 1120. The largest absolute Gasteiger partial charge is 0.497 e. The minimum absolute atomic E-state index is 0.0938. The molecule has 4 rings (SSSR count). The summed E-state index contributed by atoms with van der Waals surface area (Å²) < 4.78 is 22.1. The quantitative estimate of drug-likeness (QED) is 0.299. The van der Waals surface area contributed by atoms with Crippen molar-refractivity contribution in [3.63, 3.8) is 0 Å². The number of ether oxygens (including phenoxy) is 1. The Morgan fingerprint density at radius 2 is 2.18 bits per heavy atom. The van der Waals surface area contributed by atoms with Crippen molar-refractivity contribution in [3.8, 4) is 5.75 Å². The van der Waals surface area contributed by atoms with Gasteiger partial charge in [-0.25, -0.2) is 4.39 Å². The number of piperidine rings is 1. The van der Waals surface area contributed by atoms with Crippen molar-refractivity contribution in [3.05, 3.63) is 52.5 Å². The molecule has 2 aromatic heterocycles. The lowest BCUT2D eigenvalue weighted by molar-refractivity contribution is -0.153. The number of fused-ring (bicyclic) bond motifs is 1. The molecule has 0 spiro atoms. The minimum Gasteiger partial charge on any atom is -0.497 e. The van der Waals surface area contributed by atoms with Crippen LogP contribution in [0.3, 0.4) is 0 Å². The molecule has 182 valence electrons. The van der Waals surface area contributed by atoms with Crippen molar-refractivity contribution in [2.24, 2.45) is 5.41 Å². The molecule has 0 bridgehead atoms. The van der Waals surface area contributed by atoms with Gasteiger partial charge in [-0.1, -0.05) is 17.7 Å². The molecule has 34 heavy (non-hydrogen) atoms. The van der Waals surface area contributed by atoms with Crippen molar-refractivity contribution < 1.29 is 19.0 Å². The first kappa shape index (κ1) is 25.2. The number of pyridine rings is 1. The molecule has 0 amide bonds. The molecule has 1 fully saturated rings. The Morgan fingerprint density at radius 3 is 2.85 bits per heavy atom. The third kappa shape index (κ3) is 5.67. The average Bonchev–Trinajstić information content (AvgIpc) is 3.36. The lowest BCUT2D eigenvalue weighted by Crippen LogP contribution is -2.45. The molecule has 1 aromatic carbocycles. The number of carboxylic acids is 1. The Morgan fingerprint density at radius 1 is 1.38 bits per heavy atom. The van der Waals surface area contributed by atoms with Crippen LogP contribution in [0, 0.1) is 5.41 Å². The van der Waals surface area contributed by atoms with E-state index < -0.39 is 17.6 Å². The normalized spacial score (nSPS) is 17.0. The van der Waals surface area contributed by atoms with Crippen LogP contribution in [0.25, 0.3) is 10.9 Å². The van der Waals surface area contributed by atoms with Crippen LogP contribution in [0.1, 0.15) is 37.4 Å². The van der Waals surface area contributed by atoms with Crippen LogP contribution >= 0.6 is 34.7 Å². The molecule has 3 aromatic rings. The fourth-order valence-electron chi connectivity index (χ4n) is 4.56. The molecule has 9 heteroatoms. The van der Waals surface area contributed by atoms with Gasteiger partial charge in [-0.3, -0.25) is 9.78 Å². The zero-order valence-electron chi connectivity index (χ0n) is 19.0. The number of hydrogen-bond donors (Lipinski definition) is 1. The average molecular weight is 523 g/mol. The second kappa shape index (κ2) is 11.2. The number of alkyl halides is 1. The molecule has 0 unspecified atom stereocenters. The van der Waals surface area contributed by atoms with Gasteiger partial charge in [0.25, 0.3) is 0 Å². The standard InChI is InChI=1S/C25H28ClFN2O3S2/c1-32-17-4-5-21-18(15-17)23(19(26)16-28-21)20(27)6-7-25(24(30)31)8-10-29(11-9-25)12-14-34-22-3-2-13-33-22/h2-5,13,15-16,20H,6-12,14H2,1H3,(H,30,31)/t20-/m1/s1. The highest BCUT2D eigenvalue weighted by Crippen LogP contribution is 2.42. The van der Waals surface area contributed by atoms with Crippen LogP contribution in [-0.2, 0) is 4.79 Å². The van der Waals surface area contributed by atoms with Crippen LogP contribution < -0.4 is 4.74 Å². The lowest BCUT2D eigenvalue weighted by Gasteiger charge is -2.39. The van der Waals surface area contributed by atoms with Gasteiger partial charge in [-0.15, -0.1) is 23.1 Å². The van der Waals surface area contributed by atoms with Crippen LogP contribution in [0.4, 0.5) is 4.39 Å². The SMILES string of the molecule is COc1ccc2ncc(Cl)c([C@H](F)CCC3(C(=O)O)CCN(CCSc4cccs4)CC3)c2c1. The maximum atomic E-state index is 15.6. The molecule has 1 N–H and O–H groups in total. The fraction of sp³-hybridized carbons (Fsp3) is 0.440. The predicted molar refractivity (Wildman–Crippen MR) is 137 cm³/mol. The molecule has 1 aliphatic heterocycles. The number of likely N-dealkylation sites (tertiary alicyclic amines) is 1. The molecule has 0 aliphatic carbocycles. The number of methoxy groups -OCH3 is 1. The second-order valence-electron chi connectivity index (χ2n) is 8.62. The molecular weight excluding hydrogens is 495 g/mol. The number of carboxylic acid groups (broad SMARTS) is 1. The summed E-state index contributed by atoms with van der Waals surface area (Å²) in [7, 11) is 1.55. The van der Waals surface area contributed by atoms with Crippen LogP contribution in [-0.4, -0.2) is 53.5 Å². The summed E-state index contributed by atoms with van der Waals surface area (Å²) in [5.41, 5.74) is 0.0769. The van der Waals surface area contributed by atoms with Crippen molar-refractivity contribution in [1.29, 1.82) is 0 Å². The number of thioether (sulfide) groups is 1. The van der Waals surface area contributed by atoms with E-state index in [0.717, 1.165) is 12.3 Å². The van der Waals surface area contributed by atoms with Crippen molar-refractivity contribution >= 4 is 51.6 Å². The Labute approximate surface area is 212 Å². The number of aliphatic carboxylic acids is 1. The van der Waals surface area contributed by atoms with E-state index in [2.05, 4.69) is 21.3 Å². The first-order valence-corrected chi connectivity index (χ1v) is 13.5. The molecular formula is C25H28ClFN2O3S2. The number of hydrogen-bond acceptors (Lipinski definition) is 6. The van der Waals surface area contributed by atoms with Gasteiger partial charge in [-0.05, 0) is 68.4 Å². The van der Waals surface area contributed by atoms with E-state index in [1.165, 1.54) is 10.4 Å². The van der Waals surface area contributed by atoms with Crippen molar-refractivity contribution in [1.82, 2.24) is 9.88 Å². The lowest BCUT2D eigenvalue weighted by atomic mass is 9.74. The Balaban J connectivity index is 1.39. The van der Waals surface area contributed by atoms with Gasteiger partial charge >= 0.3 is 5.97 Å². The van der Waals surface area contributed by atoms with Gasteiger partial charge in [-0.2, -0.15) is 0 Å². The van der Waals surface area contributed by atoms with E-state index >= 15 is 4.39 Å². The van der Waals surface area contributed by atoms with Gasteiger partial charge in [0.15, 0.2) is 0 Å². The predicted octanol–water partition coefficient (Wildman–Crippen LogP) is 6.71. The minimum atomic E-state index is -1.39. The third-order valence-corrected chi connectivity index (χ3v) is 9.08. The highest BCUT2D eigenvalue weighted by atomic mass is 35.5. The maximum Gasteiger partial charge on any atom is 0.309 e. The summed E-state index contributed by atoms with van der Waals surface area (Å²) in [5.74, 6) is 0.737. The zero-order valence-corrected chi connectivity index (χ0v) is 21.4. The number of carbonyl (C=O) groups is 1. The summed E-state index contributed by atoms with van der Waals surface area (Å²) in [5, 5.41) is 13.0. The van der Waals surface area contributed by atoms with E-state index in [-0.39, 0.29) is 17.9 Å². The highest BCUT2D eigenvalue weighted by Gasteiger charge is 2.41. The van der Waals surface area contributed by atoms with Gasteiger partial charge < -0.3 is 14.7 Å². The fourth-order valence-corrected chi connectivity index (χ4v) is 6.69. The second-order valence-corrected chi connectivity index (χ2v) is 11.4. The number of halogens is 2. The first-order chi connectivity index (χ1) is 16.4. The summed E-state index contributed by atoms with van der Waals surface area (Å²) in [6.07, 6.45) is 1.48. The molecule has 1 saturated heterocycles. The Kier molecular flexibility index (Phi) is 8.34. The molecule has 1 aliphatic rings. The number of nitrogens with zero attached hydrogens (tertiary/aromatic N) is 2. The zero-order chi connectivity index (χ0) is 24.1. The number of rotatable bonds is 10. The van der Waals surface area contributed by atoms with E-state index in [1.54, 1.807) is 36.6 Å². The summed E-state index contributed by atoms with van der Waals surface area (Å²) in [6, 6.07) is 9.43. The first-order valence-electron chi connectivity index (χ1n) is 11.3. The Hall–Kier alpha value is -1.87. The van der Waals surface area contributed by atoms with Crippen molar-refractivity contribution in [2.45, 2.75) is 36.1 Å². The highest BCUT2D eigenvalue weighted by molar-refractivity contribution is 8.01. The summed E-state index contributed by atoms with van der Waals surface area (Å²) in [4.78, 5) is 18.9. The van der Waals surface area contributed by atoms with E-state index in [4.69, 9.17) is 16.3 Å². The van der Waals surface area contributed by atoms with Gasteiger partial charge in [0, 0.05) is 29.4 Å². The number of thiophene rings is 1. The molecule has 3 heterocycles. The van der Waals surface area contributed by atoms with Gasteiger partial charge in [0.05, 0.1) is 27.3 Å². The van der Waals surface area contributed by atoms with Crippen LogP contribution in [0.15, 0.2) is 46.1 Å². The molecule has 0 saturated carbocycles. The van der Waals surface area contributed by atoms with Gasteiger partial charge in [0.2, 0.25) is 0 Å². The summed E-state index contributed by atoms with van der Waals surface area (Å²) in [6.45, 7) is 2.35. The van der Waals surface area contributed by atoms with E-state index in [9.17, 15) is 9.90 Å². The molecule has 1 atom stereocenters. The van der Waals surface area contributed by atoms with E-state index in [0.29, 0.717) is 48.1 Å². The van der Waals surface area contributed by atoms with Crippen LogP contribution in [0.2, 0.25) is 5.02 Å². The number of aromatic nitrogens is 1. The number of benzene rings is 1. The molecule has 5 nitrogen and oxygen atoms in total. The smallest absolute Gasteiger partial charge is 0.309 e. The van der Waals surface area contributed by atoms with Crippen LogP contribution in [0.5, 0.6) is 5.75 Å². The van der Waals surface area contributed by atoms with Crippen molar-refractivity contribution in [2.75, 3.05) is 32.5 Å². The molecule has 0 radical (unpaired) electrons. The van der Waals surface area contributed by atoms with E-state index in [1.807, 2.05) is 17.8 Å². The summed E-state index contributed by atoms with van der Waals surface area (Å²) >= 11 is 9.91. The topological polar surface area (TPSA) is 62.7 Å². The maximum absolute atomic E-state index is 15.6.